The Morgan fingerprint density at radius 3 is 2.54 bits per heavy atom. The van der Waals surface area contributed by atoms with Gasteiger partial charge in [0, 0.05) is 12.6 Å². The average Bonchev–Trinajstić information content (AvgIpc) is 2.56. The molecule has 0 aliphatic heterocycles. The van der Waals surface area contributed by atoms with Crippen molar-refractivity contribution in [2.75, 3.05) is 26.7 Å². The zero-order chi connectivity index (χ0) is 19.6. The van der Waals surface area contributed by atoms with Gasteiger partial charge in [-0.05, 0) is 46.8 Å². The van der Waals surface area contributed by atoms with Crippen LogP contribution in [0.2, 0.25) is 0 Å². The van der Waals surface area contributed by atoms with Gasteiger partial charge in [-0.15, -0.1) is 0 Å². The molecular formula is C19H31N3O4. The van der Waals surface area contributed by atoms with Crippen molar-refractivity contribution in [3.63, 3.8) is 0 Å². The second kappa shape index (κ2) is 10.5. The van der Waals surface area contributed by atoms with Gasteiger partial charge in [0.05, 0.1) is 13.7 Å². The third-order valence-corrected chi connectivity index (χ3v) is 3.07. The lowest BCUT2D eigenvalue weighted by molar-refractivity contribution is -0.152. The molecule has 1 unspecified atom stereocenters. The van der Waals surface area contributed by atoms with Crippen LogP contribution in [0.25, 0.3) is 0 Å². The van der Waals surface area contributed by atoms with E-state index < -0.39 is 5.60 Å². The van der Waals surface area contributed by atoms with Crippen molar-refractivity contribution in [1.29, 1.82) is 0 Å². The van der Waals surface area contributed by atoms with E-state index in [-0.39, 0.29) is 18.6 Å². The van der Waals surface area contributed by atoms with E-state index in [2.05, 4.69) is 15.6 Å². The van der Waals surface area contributed by atoms with Crippen LogP contribution in [-0.2, 0) is 9.53 Å². The molecule has 7 heteroatoms. The number of hydrogen-bond donors (Lipinski definition) is 2. The average molecular weight is 365 g/mol. The molecule has 0 saturated heterocycles. The highest BCUT2D eigenvalue weighted by Gasteiger charge is 2.16. The molecule has 1 aromatic carbocycles. The summed E-state index contributed by atoms with van der Waals surface area (Å²) in [6.45, 7) is 10.6. The zero-order valence-electron chi connectivity index (χ0n) is 16.6. The van der Waals surface area contributed by atoms with Crippen LogP contribution in [-0.4, -0.2) is 50.4 Å². The van der Waals surface area contributed by atoms with Gasteiger partial charge in [0.15, 0.2) is 5.96 Å². The molecule has 2 N–H and O–H groups in total. The number of carbonyl (C=O) groups excluding carboxylic acids is 1. The van der Waals surface area contributed by atoms with Gasteiger partial charge >= 0.3 is 5.97 Å². The zero-order valence-corrected chi connectivity index (χ0v) is 16.6. The molecule has 0 amide bonds. The Morgan fingerprint density at radius 1 is 1.23 bits per heavy atom. The lowest BCUT2D eigenvalue weighted by Crippen LogP contribution is -2.42. The van der Waals surface area contributed by atoms with E-state index in [4.69, 9.17) is 14.2 Å². The number of ether oxygens (including phenoxy) is 3. The molecule has 1 aromatic rings. The summed E-state index contributed by atoms with van der Waals surface area (Å²) in [6.07, 6.45) is -0.104. The minimum absolute atomic E-state index is 0.0439. The first-order valence-corrected chi connectivity index (χ1v) is 8.78. The molecule has 1 rings (SSSR count). The first kappa shape index (κ1) is 21.6. The van der Waals surface area contributed by atoms with E-state index in [1.54, 1.807) is 7.11 Å². The summed E-state index contributed by atoms with van der Waals surface area (Å²) in [5.41, 5.74) is -0.516. The van der Waals surface area contributed by atoms with Crippen molar-refractivity contribution in [1.82, 2.24) is 10.6 Å². The van der Waals surface area contributed by atoms with Gasteiger partial charge in [-0.1, -0.05) is 6.07 Å². The molecule has 0 heterocycles. The fraction of sp³-hybridized carbons (Fsp3) is 0.579. The van der Waals surface area contributed by atoms with Crippen LogP contribution in [0.15, 0.2) is 29.3 Å². The number of esters is 1. The number of nitrogens with one attached hydrogen (secondary N) is 2. The van der Waals surface area contributed by atoms with Gasteiger partial charge in [0.25, 0.3) is 0 Å². The topological polar surface area (TPSA) is 81.2 Å². The molecule has 0 aliphatic rings. The summed E-state index contributed by atoms with van der Waals surface area (Å²) in [7, 11) is 1.62. The molecule has 7 nitrogen and oxygen atoms in total. The van der Waals surface area contributed by atoms with E-state index in [0.29, 0.717) is 19.0 Å². The van der Waals surface area contributed by atoms with Crippen molar-refractivity contribution < 1.29 is 19.0 Å². The summed E-state index contributed by atoms with van der Waals surface area (Å²) >= 11 is 0. The third-order valence-electron chi connectivity index (χ3n) is 3.07. The number of hydrogen-bond acceptors (Lipinski definition) is 5. The Morgan fingerprint density at radius 2 is 1.92 bits per heavy atom. The highest BCUT2D eigenvalue weighted by molar-refractivity contribution is 5.83. The van der Waals surface area contributed by atoms with Crippen LogP contribution in [0, 0.1) is 0 Å². The van der Waals surface area contributed by atoms with Crippen LogP contribution in [0.5, 0.6) is 11.5 Å². The second-order valence-corrected chi connectivity index (χ2v) is 6.77. The van der Waals surface area contributed by atoms with Crippen molar-refractivity contribution >= 4 is 11.9 Å². The fourth-order valence-corrected chi connectivity index (χ4v) is 2.05. The van der Waals surface area contributed by atoms with Crippen LogP contribution in [0.4, 0.5) is 0 Å². The maximum Gasteiger partial charge on any atom is 0.328 e. The molecule has 26 heavy (non-hydrogen) atoms. The molecule has 0 fully saturated rings. The summed E-state index contributed by atoms with van der Waals surface area (Å²) in [6, 6.07) is 7.45. The first-order valence-electron chi connectivity index (χ1n) is 8.78. The predicted octanol–water partition coefficient (Wildman–Crippen LogP) is 2.36. The number of rotatable bonds is 8. The highest BCUT2D eigenvalue weighted by atomic mass is 16.6. The summed E-state index contributed by atoms with van der Waals surface area (Å²) < 4.78 is 16.3. The van der Waals surface area contributed by atoms with Gasteiger partial charge in [0.2, 0.25) is 0 Å². The first-order chi connectivity index (χ1) is 12.2. The van der Waals surface area contributed by atoms with Gasteiger partial charge < -0.3 is 24.8 Å². The van der Waals surface area contributed by atoms with Gasteiger partial charge in [-0.3, -0.25) is 4.79 Å². The van der Waals surface area contributed by atoms with Crippen LogP contribution in [0.1, 0.15) is 34.6 Å². The lowest BCUT2D eigenvalue weighted by Gasteiger charge is -2.19. The second-order valence-electron chi connectivity index (χ2n) is 6.77. The molecule has 0 aromatic heterocycles. The number of carbonyl (C=O) groups is 1. The van der Waals surface area contributed by atoms with Crippen LogP contribution in [0.3, 0.4) is 0 Å². The molecule has 0 radical (unpaired) electrons. The van der Waals surface area contributed by atoms with Gasteiger partial charge in [-0.2, -0.15) is 0 Å². The molecular weight excluding hydrogens is 334 g/mol. The third kappa shape index (κ3) is 9.15. The van der Waals surface area contributed by atoms with E-state index in [1.165, 1.54) is 0 Å². The smallest absolute Gasteiger partial charge is 0.328 e. The Kier molecular flexibility index (Phi) is 8.75. The van der Waals surface area contributed by atoms with Crippen LogP contribution < -0.4 is 20.1 Å². The molecule has 0 bridgehead atoms. The monoisotopic (exact) mass is 365 g/mol. The van der Waals surface area contributed by atoms with E-state index in [0.717, 1.165) is 11.5 Å². The number of benzene rings is 1. The van der Waals surface area contributed by atoms with E-state index >= 15 is 0 Å². The molecule has 1 atom stereocenters. The minimum atomic E-state index is -0.516. The Labute approximate surface area is 156 Å². The number of methoxy groups -OCH3 is 1. The number of aliphatic imine (C=N–C) groups is 1. The summed E-state index contributed by atoms with van der Waals surface area (Å²) in [4.78, 5) is 16.0. The Bertz CT molecular complexity index is 597. The number of nitrogens with zero attached hydrogens (tertiary/aromatic N) is 1. The SMILES string of the molecule is CCNC(=NCC(=O)OC(C)(C)C)NCC(C)Oc1cccc(OC)c1. The summed E-state index contributed by atoms with van der Waals surface area (Å²) in [5.74, 6) is 1.65. The van der Waals surface area contributed by atoms with Crippen molar-refractivity contribution in [3.8, 4) is 11.5 Å². The van der Waals surface area contributed by atoms with Crippen molar-refractivity contribution in [3.05, 3.63) is 24.3 Å². The van der Waals surface area contributed by atoms with Gasteiger partial charge in [0.1, 0.15) is 29.7 Å². The lowest BCUT2D eigenvalue weighted by atomic mass is 10.2. The highest BCUT2D eigenvalue weighted by Crippen LogP contribution is 2.19. The maximum absolute atomic E-state index is 11.8. The summed E-state index contributed by atoms with van der Waals surface area (Å²) in [5, 5.41) is 6.26. The number of guanidine groups is 1. The standard InChI is InChI=1S/C19H31N3O4/c1-7-20-18(22-13-17(23)26-19(3,4)5)21-12-14(2)25-16-10-8-9-15(11-16)24-6/h8-11,14H,7,12-13H2,1-6H3,(H2,20,21,22). The molecule has 0 spiro atoms. The largest absolute Gasteiger partial charge is 0.497 e. The van der Waals surface area contributed by atoms with Gasteiger partial charge in [-0.25, -0.2) is 4.99 Å². The Balaban J connectivity index is 2.53. The molecule has 0 aliphatic carbocycles. The van der Waals surface area contributed by atoms with E-state index in [1.807, 2.05) is 58.9 Å². The Hall–Kier alpha value is -2.44. The minimum Gasteiger partial charge on any atom is -0.497 e. The quantitative estimate of drug-likeness (QED) is 0.418. The molecule has 146 valence electrons. The van der Waals surface area contributed by atoms with Crippen molar-refractivity contribution in [2.24, 2.45) is 4.99 Å². The van der Waals surface area contributed by atoms with Crippen molar-refractivity contribution in [2.45, 2.75) is 46.3 Å². The van der Waals surface area contributed by atoms with E-state index in [9.17, 15) is 4.79 Å². The maximum atomic E-state index is 11.8. The predicted molar refractivity (Wildman–Crippen MR) is 103 cm³/mol. The molecule has 0 saturated carbocycles. The fourth-order valence-electron chi connectivity index (χ4n) is 2.05. The normalized spacial score (nSPS) is 12.9. The van der Waals surface area contributed by atoms with Crippen LogP contribution >= 0.6 is 0 Å².